The molecule has 0 aromatic heterocycles. The zero-order valence-corrected chi connectivity index (χ0v) is 21.5. The zero-order chi connectivity index (χ0) is 25.5. The number of hydrogen-bond donors (Lipinski definition) is 3. The minimum Gasteiger partial charge on any atom is -0.495 e. The molecule has 1 heterocycles. The Labute approximate surface area is 215 Å². The molecule has 1 aliphatic heterocycles. The van der Waals surface area contributed by atoms with Crippen LogP contribution in [-0.2, 0) is 6.42 Å². The maximum Gasteiger partial charge on any atom is 0.405 e. The second-order valence-corrected chi connectivity index (χ2v) is 10.2. The van der Waals surface area contributed by atoms with Gasteiger partial charge in [0.1, 0.15) is 12.3 Å². The first-order valence-corrected chi connectivity index (χ1v) is 13.2. The van der Waals surface area contributed by atoms with Crippen LogP contribution in [-0.4, -0.2) is 45.5 Å². The standard InChI is InChI=1S/C27H33F3N4OS/c1-31-36-21-13-14-24(26(17-21)35-2)32-15-7-10-20-16-22-23(33-19-8-4-3-5-9-19)11-6-12-25(22)34(20)18-27(28,29)30/h6,11-14,17,19-20,31-33H,3-5,8-9,15-16,18H2,1-2H3. The smallest absolute Gasteiger partial charge is 0.405 e. The second-order valence-electron chi connectivity index (χ2n) is 9.09. The van der Waals surface area contributed by atoms with E-state index in [4.69, 9.17) is 4.74 Å². The third-order valence-corrected chi connectivity index (χ3v) is 7.27. The van der Waals surface area contributed by atoms with Gasteiger partial charge in [-0.2, -0.15) is 13.2 Å². The van der Waals surface area contributed by atoms with Gasteiger partial charge < -0.3 is 20.3 Å². The molecule has 1 aliphatic carbocycles. The fourth-order valence-electron chi connectivity index (χ4n) is 4.96. The van der Waals surface area contributed by atoms with Gasteiger partial charge in [0, 0.05) is 34.3 Å². The molecule has 36 heavy (non-hydrogen) atoms. The number of nitrogens with zero attached hydrogens (tertiary/aromatic N) is 1. The van der Waals surface area contributed by atoms with Gasteiger partial charge in [-0.25, -0.2) is 0 Å². The highest BCUT2D eigenvalue weighted by Gasteiger charge is 2.38. The first-order chi connectivity index (χ1) is 17.4. The normalized spacial score (nSPS) is 17.8. The number of fused-ring (bicyclic) bond motifs is 1. The summed E-state index contributed by atoms with van der Waals surface area (Å²) < 4.78 is 49.0. The summed E-state index contributed by atoms with van der Waals surface area (Å²) in [5.41, 5.74) is 3.28. The summed E-state index contributed by atoms with van der Waals surface area (Å²) in [5.74, 6) is 6.84. The number of benzene rings is 2. The number of alkyl halides is 3. The lowest BCUT2D eigenvalue weighted by Gasteiger charge is -2.26. The lowest BCUT2D eigenvalue weighted by Crippen LogP contribution is -2.39. The van der Waals surface area contributed by atoms with Gasteiger partial charge in [0.15, 0.2) is 0 Å². The number of rotatable bonds is 8. The van der Waals surface area contributed by atoms with Crippen LogP contribution in [0.3, 0.4) is 0 Å². The number of anilines is 3. The first-order valence-electron chi connectivity index (χ1n) is 12.3. The predicted molar refractivity (Wildman–Crippen MR) is 142 cm³/mol. The summed E-state index contributed by atoms with van der Waals surface area (Å²) in [4.78, 5) is 2.41. The molecular formula is C27H33F3N4OS. The van der Waals surface area contributed by atoms with Crippen molar-refractivity contribution >= 4 is 29.0 Å². The molecule has 0 amide bonds. The Morgan fingerprint density at radius 3 is 2.64 bits per heavy atom. The summed E-state index contributed by atoms with van der Waals surface area (Å²) in [6, 6.07) is 11.2. The lowest BCUT2D eigenvalue weighted by molar-refractivity contribution is -0.120. The van der Waals surface area contributed by atoms with Crippen molar-refractivity contribution in [3.63, 3.8) is 0 Å². The molecule has 194 valence electrons. The number of halogens is 3. The van der Waals surface area contributed by atoms with Crippen LogP contribution >= 0.6 is 11.9 Å². The minimum absolute atomic E-state index is 0.300. The summed E-state index contributed by atoms with van der Waals surface area (Å²) in [6.45, 7) is -0.715. The van der Waals surface area contributed by atoms with Gasteiger partial charge in [-0.15, -0.1) is 0 Å². The van der Waals surface area contributed by atoms with Gasteiger partial charge in [-0.05, 0) is 62.2 Å². The van der Waals surface area contributed by atoms with Crippen molar-refractivity contribution in [3.05, 3.63) is 42.0 Å². The van der Waals surface area contributed by atoms with Crippen molar-refractivity contribution in [2.24, 2.45) is 0 Å². The van der Waals surface area contributed by atoms with Gasteiger partial charge >= 0.3 is 6.18 Å². The van der Waals surface area contributed by atoms with Crippen molar-refractivity contribution in [2.45, 2.75) is 61.7 Å². The summed E-state index contributed by atoms with van der Waals surface area (Å²) in [6.07, 6.45) is 1.99. The van der Waals surface area contributed by atoms with E-state index >= 15 is 0 Å². The number of methoxy groups -OCH3 is 1. The van der Waals surface area contributed by atoms with E-state index in [2.05, 4.69) is 27.2 Å². The van der Waals surface area contributed by atoms with Crippen LogP contribution in [0.1, 0.15) is 37.7 Å². The Kier molecular flexibility index (Phi) is 8.81. The average Bonchev–Trinajstić information content (AvgIpc) is 3.20. The van der Waals surface area contributed by atoms with Crippen molar-refractivity contribution in [1.82, 2.24) is 4.72 Å². The molecule has 3 N–H and O–H groups in total. The summed E-state index contributed by atoms with van der Waals surface area (Å²) in [5, 5.41) is 6.84. The van der Waals surface area contributed by atoms with Crippen LogP contribution in [0.25, 0.3) is 0 Å². The molecule has 1 saturated carbocycles. The van der Waals surface area contributed by atoms with Crippen LogP contribution in [0.15, 0.2) is 41.3 Å². The minimum atomic E-state index is -4.31. The monoisotopic (exact) mass is 518 g/mol. The first kappa shape index (κ1) is 26.4. The number of hydrogen-bond acceptors (Lipinski definition) is 6. The predicted octanol–water partition coefficient (Wildman–Crippen LogP) is 6.08. The number of ether oxygens (including phenoxy) is 1. The Hall–Kier alpha value is -2.70. The van der Waals surface area contributed by atoms with Crippen LogP contribution in [0.4, 0.5) is 30.2 Å². The summed E-state index contributed by atoms with van der Waals surface area (Å²) in [7, 11) is 3.45. The van der Waals surface area contributed by atoms with E-state index < -0.39 is 18.8 Å². The van der Waals surface area contributed by atoms with Crippen molar-refractivity contribution in [2.75, 3.05) is 42.8 Å². The maximum atomic E-state index is 13.5. The Morgan fingerprint density at radius 1 is 1.11 bits per heavy atom. The zero-order valence-electron chi connectivity index (χ0n) is 20.7. The Morgan fingerprint density at radius 2 is 1.92 bits per heavy atom. The molecule has 0 spiro atoms. The topological polar surface area (TPSA) is 48.6 Å². The van der Waals surface area contributed by atoms with E-state index in [0.29, 0.717) is 30.4 Å². The highest BCUT2D eigenvalue weighted by Crippen LogP contribution is 2.39. The Balaban J connectivity index is 1.48. The average molecular weight is 519 g/mol. The number of nitrogens with one attached hydrogen (secondary N) is 3. The quantitative estimate of drug-likeness (QED) is 0.291. The van der Waals surface area contributed by atoms with E-state index in [9.17, 15) is 13.2 Å². The SMILES string of the molecule is CNSc1ccc(NCC#CC2Cc3c(NC4CCCCC4)cccc3N2CC(F)(F)F)c(OC)c1. The van der Waals surface area contributed by atoms with Crippen LogP contribution in [0.5, 0.6) is 5.75 Å². The van der Waals surface area contributed by atoms with Gasteiger partial charge in [-0.3, -0.25) is 4.72 Å². The summed E-state index contributed by atoms with van der Waals surface area (Å²) >= 11 is 1.48. The van der Waals surface area contributed by atoms with Crippen molar-refractivity contribution in [1.29, 1.82) is 0 Å². The fraction of sp³-hybridized carbons (Fsp3) is 0.481. The molecule has 1 atom stereocenters. The van der Waals surface area contributed by atoms with Crippen LogP contribution in [0, 0.1) is 11.8 Å². The molecule has 0 saturated heterocycles. The highest BCUT2D eigenvalue weighted by molar-refractivity contribution is 7.97. The van der Waals surface area contributed by atoms with E-state index in [-0.39, 0.29) is 0 Å². The van der Waals surface area contributed by atoms with Crippen LogP contribution < -0.4 is 25.0 Å². The highest BCUT2D eigenvalue weighted by atomic mass is 32.2. The molecule has 0 radical (unpaired) electrons. The van der Waals surface area contributed by atoms with Gasteiger partial charge in [0.2, 0.25) is 0 Å². The Bertz CT molecular complexity index is 1090. The van der Waals surface area contributed by atoms with Crippen LogP contribution in [0.2, 0.25) is 0 Å². The fourth-order valence-corrected chi connectivity index (χ4v) is 5.49. The molecule has 1 fully saturated rings. The maximum absolute atomic E-state index is 13.5. The third-order valence-electron chi connectivity index (χ3n) is 6.58. The van der Waals surface area contributed by atoms with Gasteiger partial charge in [0.25, 0.3) is 0 Å². The van der Waals surface area contributed by atoms with Gasteiger partial charge in [-0.1, -0.05) is 37.2 Å². The van der Waals surface area contributed by atoms with Crippen molar-refractivity contribution in [3.8, 4) is 17.6 Å². The third kappa shape index (κ3) is 6.74. The second kappa shape index (κ2) is 12.0. The van der Waals surface area contributed by atoms with E-state index in [1.165, 1.54) is 36.1 Å². The molecule has 9 heteroatoms. The van der Waals surface area contributed by atoms with E-state index in [1.807, 2.05) is 37.4 Å². The molecule has 1 unspecified atom stereocenters. The molecule has 0 bridgehead atoms. The van der Waals surface area contributed by atoms with Crippen molar-refractivity contribution < 1.29 is 17.9 Å². The molecule has 4 rings (SSSR count). The molecule has 5 nitrogen and oxygen atoms in total. The van der Waals surface area contributed by atoms with E-state index in [0.717, 1.165) is 34.7 Å². The molecule has 2 aromatic rings. The van der Waals surface area contributed by atoms with Gasteiger partial charge in [0.05, 0.1) is 25.4 Å². The molecule has 2 aromatic carbocycles. The lowest BCUT2D eigenvalue weighted by atomic mass is 9.95. The molecular weight excluding hydrogens is 485 g/mol. The van der Waals surface area contributed by atoms with E-state index in [1.54, 1.807) is 13.2 Å². The largest absolute Gasteiger partial charge is 0.495 e. The molecule has 2 aliphatic rings.